The molecule has 26 heavy (non-hydrogen) atoms. The number of hydrogen-bond donors (Lipinski definition) is 1. The number of hydrogen-bond acceptors (Lipinski definition) is 5. The molecule has 1 spiro atoms. The van der Waals surface area contributed by atoms with Crippen molar-refractivity contribution in [2.75, 3.05) is 31.6 Å². The standard InChI is InChI=1S/C20H29N3O3/c1-26-18-8-5-16(13-21-18)22-11-2-9-20(14-22)10-12-23(19(20)25)15-3-6-17(24)7-4-15/h5,8,13,15,17,24H,2-4,6-7,9-12,14H2,1H3/t15-,17-,20-/m0/s1. The molecule has 0 radical (unpaired) electrons. The first-order valence-corrected chi connectivity index (χ1v) is 9.85. The highest BCUT2D eigenvalue weighted by molar-refractivity contribution is 5.86. The summed E-state index contributed by atoms with van der Waals surface area (Å²) in [5.74, 6) is 0.952. The van der Waals surface area contributed by atoms with Crippen molar-refractivity contribution in [1.29, 1.82) is 0 Å². The van der Waals surface area contributed by atoms with Crippen LogP contribution in [0.2, 0.25) is 0 Å². The predicted octanol–water partition coefficient (Wildman–Crippen LogP) is 2.21. The number of pyridine rings is 1. The van der Waals surface area contributed by atoms with Crippen molar-refractivity contribution in [2.45, 2.75) is 57.1 Å². The zero-order valence-electron chi connectivity index (χ0n) is 15.6. The summed E-state index contributed by atoms with van der Waals surface area (Å²) in [6, 6.07) is 4.24. The number of rotatable bonds is 3. The second-order valence-electron chi connectivity index (χ2n) is 8.08. The maximum atomic E-state index is 13.3. The number of aliphatic hydroxyl groups excluding tert-OH is 1. The number of likely N-dealkylation sites (tertiary alicyclic amines) is 1. The number of ether oxygens (including phenoxy) is 1. The van der Waals surface area contributed by atoms with Crippen LogP contribution in [0.4, 0.5) is 5.69 Å². The predicted molar refractivity (Wildman–Crippen MR) is 99.3 cm³/mol. The van der Waals surface area contributed by atoms with E-state index in [1.54, 1.807) is 7.11 Å². The lowest BCUT2D eigenvalue weighted by molar-refractivity contribution is -0.139. The minimum Gasteiger partial charge on any atom is -0.481 e. The number of aliphatic hydroxyl groups is 1. The van der Waals surface area contributed by atoms with E-state index in [1.807, 2.05) is 18.3 Å². The Labute approximate surface area is 155 Å². The number of nitrogens with zero attached hydrogens (tertiary/aromatic N) is 3. The van der Waals surface area contributed by atoms with Crippen LogP contribution < -0.4 is 9.64 Å². The molecule has 2 saturated heterocycles. The van der Waals surface area contributed by atoms with Gasteiger partial charge in [-0.25, -0.2) is 4.98 Å². The van der Waals surface area contributed by atoms with Crippen molar-refractivity contribution in [2.24, 2.45) is 5.41 Å². The Hall–Kier alpha value is -1.82. The van der Waals surface area contributed by atoms with Gasteiger partial charge in [0.2, 0.25) is 11.8 Å². The van der Waals surface area contributed by atoms with Crippen molar-refractivity contribution < 1.29 is 14.6 Å². The third-order valence-corrected chi connectivity index (χ3v) is 6.52. The summed E-state index contributed by atoms with van der Waals surface area (Å²) in [4.78, 5) is 22.1. The number of anilines is 1. The van der Waals surface area contributed by atoms with E-state index in [1.165, 1.54) is 0 Å². The fourth-order valence-electron chi connectivity index (χ4n) is 4.98. The first-order chi connectivity index (χ1) is 12.6. The van der Waals surface area contributed by atoms with Gasteiger partial charge >= 0.3 is 0 Å². The molecule has 142 valence electrons. The molecule has 1 aromatic rings. The third-order valence-electron chi connectivity index (χ3n) is 6.52. The van der Waals surface area contributed by atoms with Gasteiger partial charge in [-0.15, -0.1) is 0 Å². The zero-order chi connectivity index (χ0) is 18.1. The molecule has 6 nitrogen and oxygen atoms in total. The molecule has 1 amide bonds. The van der Waals surface area contributed by atoms with Crippen molar-refractivity contribution in [3.63, 3.8) is 0 Å². The van der Waals surface area contributed by atoms with Gasteiger partial charge in [0, 0.05) is 31.7 Å². The summed E-state index contributed by atoms with van der Waals surface area (Å²) >= 11 is 0. The van der Waals surface area contributed by atoms with Gasteiger partial charge in [-0.2, -0.15) is 0 Å². The van der Waals surface area contributed by atoms with E-state index in [-0.39, 0.29) is 11.5 Å². The first kappa shape index (κ1) is 17.6. The van der Waals surface area contributed by atoms with E-state index < -0.39 is 0 Å². The second-order valence-corrected chi connectivity index (χ2v) is 8.08. The molecule has 3 fully saturated rings. The van der Waals surface area contributed by atoms with E-state index in [0.29, 0.717) is 17.8 Å². The minimum absolute atomic E-state index is 0.175. The summed E-state index contributed by atoms with van der Waals surface area (Å²) < 4.78 is 5.15. The van der Waals surface area contributed by atoms with Gasteiger partial charge in [0.1, 0.15) is 0 Å². The van der Waals surface area contributed by atoms with Gasteiger partial charge < -0.3 is 19.6 Å². The Balaban J connectivity index is 1.46. The maximum Gasteiger partial charge on any atom is 0.230 e. The highest BCUT2D eigenvalue weighted by Crippen LogP contribution is 2.43. The Morgan fingerprint density at radius 2 is 2.00 bits per heavy atom. The number of carbonyl (C=O) groups excluding carboxylic acids is 1. The van der Waals surface area contributed by atoms with Gasteiger partial charge in [-0.05, 0) is 51.0 Å². The van der Waals surface area contributed by atoms with Gasteiger partial charge in [0.05, 0.1) is 30.5 Å². The molecule has 0 aromatic carbocycles. The van der Waals surface area contributed by atoms with Crippen molar-refractivity contribution in [3.8, 4) is 5.88 Å². The van der Waals surface area contributed by atoms with Crippen molar-refractivity contribution >= 4 is 11.6 Å². The topological polar surface area (TPSA) is 65.9 Å². The Kier molecular flexibility index (Phi) is 4.78. The number of aromatic nitrogens is 1. The Bertz CT molecular complexity index is 642. The van der Waals surface area contributed by atoms with E-state index >= 15 is 0 Å². The Morgan fingerprint density at radius 1 is 1.19 bits per heavy atom. The quantitative estimate of drug-likeness (QED) is 0.896. The van der Waals surface area contributed by atoms with Crippen LogP contribution in [0.5, 0.6) is 5.88 Å². The lowest BCUT2D eigenvalue weighted by Crippen LogP contribution is -2.50. The van der Waals surface area contributed by atoms with E-state index in [9.17, 15) is 9.90 Å². The Morgan fingerprint density at radius 3 is 2.69 bits per heavy atom. The lowest BCUT2D eigenvalue weighted by atomic mass is 9.78. The highest BCUT2D eigenvalue weighted by Gasteiger charge is 2.50. The third kappa shape index (κ3) is 3.15. The SMILES string of the molecule is COc1ccc(N2CCC[C@]3(CCN([C@H]4CC[C@H](O)CC4)C3=O)C2)cn1. The minimum atomic E-state index is -0.242. The number of piperidine rings is 1. The fraction of sp³-hybridized carbons (Fsp3) is 0.700. The lowest BCUT2D eigenvalue weighted by Gasteiger charge is -2.41. The van der Waals surface area contributed by atoms with Crippen molar-refractivity contribution in [1.82, 2.24) is 9.88 Å². The molecule has 1 aromatic heterocycles. The number of amides is 1. The molecule has 2 aliphatic heterocycles. The van der Waals surface area contributed by atoms with Crippen LogP contribution in [0.25, 0.3) is 0 Å². The average Bonchev–Trinajstić information content (AvgIpc) is 2.98. The fourth-order valence-corrected chi connectivity index (χ4v) is 4.98. The van der Waals surface area contributed by atoms with Gasteiger partial charge in [0.15, 0.2) is 0 Å². The molecule has 0 unspecified atom stereocenters. The summed E-state index contributed by atoms with van der Waals surface area (Å²) in [5.41, 5.74) is 0.825. The van der Waals surface area contributed by atoms with Gasteiger partial charge in [-0.1, -0.05) is 0 Å². The van der Waals surface area contributed by atoms with Crippen LogP contribution in [0.1, 0.15) is 44.9 Å². The van der Waals surface area contributed by atoms with Crippen LogP contribution in [0.15, 0.2) is 18.3 Å². The van der Waals surface area contributed by atoms with E-state index in [2.05, 4.69) is 14.8 Å². The smallest absolute Gasteiger partial charge is 0.230 e. The largest absolute Gasteiger partial charge is 0.481 e. The van der Waals surface area contributed by atoms with E-state index in [4.69, 9.17) is 4.74 Å². The molecular weight excluding hydrogens is 330 g/mol. The van der Waals surface area contributed by atoms with E-state index in [0.717, 1.165) is 70.3 Å². The van der Waals surface area contributed by atoms with Crippen LogP contribution in [0.3, 0.4) is 0 Å². The molecule has 1 saturated carbocycles. The van der Waals surface area contributed by atoms with Crippen LogP contribution in [-0.2, 0) is 4.79 Å². The molecule has 1 N–H and O–H groups in total. The van der Waals surface area contributed by atoms with Crippen LogP contribution in [0, 0.1) is 5.41 Å². The average molecular weight is 359 g/mol. The van der Waals surface area contributed by atoms with Crippen LogP contribution in [-0.4, -0.2) is 59.8 Å². The summed E-state index contributed by atoms with van der Waals surface area (Å²) in [5, 5.41) is 9.75. The maximum absolute atomic E-state index is 13.3. The molecular formula is C20H29N3O3. The van der Waals surface area contributed by atoms with Gasteiger partial charge in [-0.3, -0.25) is 4.79 Å². The second kappa shape index (κ2) is 7.06. The van der Waals surface area contributed by atoms with Crippen molar-refractivity contribution in [3.05, 3.63) is 18.3 Å². The summed E-state index contributed by atoms with van der Waals surface area (Å²) in [6.45, 7) is 2.62. The molecule has 3 aliphatic rings. The molecule has 1 aliphatic carbocycles. The molecule has 3 heterocycles. The monoisotopic (exact) mass is 359 g/mol. The number of methoxy groups -OCH3 is 1. The highest BCUT2D eigenvalue weighted by atomic mass is 16.5. The van der Waals surface area contributed by atoms with Gasteiger partial charge in [0.25, 0.3) is 0 Å². The first-order valence-electron chi connectivity index (χ1n) is 9.85. The molecule has 1 atom stereocenters. The molecule has 6 heteroatoms. The molecule has 4 rings (SSSR count). The normalized spacial score (nSPS) is 32.3. The molecule has 0 bridgehead atoms. The summed E-state index contributed by atoms with van der Waals surface area (Å²) in [6.07, 6.45) is 8.17. The summed E-state index contributed by atoms with van der Waals surface area (Å²) in [7, 11) is 1.62. The number of carbonyl (C=O) groups is 1. The zero-order valence-corrected chi connectivity index (χ0v) is 15.6. The van der Waals surface area contributed by atoms with Crippen LogP contribution >= 0.6 is 0 Å².